The normalized spacial score (nSPS) is 11.2. The molecule has 102 valence electrons. The minimum atomic E-state index is 0.441. The van der Waals surface area contributed by atoms with Crippen LogP contribution >= 0.6 is 39.1 Å². The van der Waals surface area contributed by atoms with Crippen molar-refractivity contribution in [1.82, 2.24) is 9.55 Å². The number of benzene rings is 2. The number of hydrogen-bond acceptors (Lipinski definition) is 2. The Hall–Kier alpha value is -1.23. The summed E-state index contributed by atoms with van der Waals surface area (Å²) in [6.45, 7) is 0. The second-order valence-electron chi connectivity index (χ2n) is 4.45. The molecule has 2 aromatic carbocycles. The van der Waals surface area contributed by atoms with Crippen LogP contribution < -0.4 is 5.73 Å². The fraction of sp³-hybridized carbons (Fsp3) is 0.0714. The number of halogens is 3. The topological polar surface area (TPSA) is 43.8 Å². The lowest BCUT2D eigenvalue weighted by atomic mass is 10.1. The lowest BCUT2D eigenvalue weighted by Gasteiger charge is -2.09. The number of aryl methyl sites for hydroxylation is 1. The van der Waals surface area contributed by atoms with E-state index in [1.54, 1.807) is 12.1 Å². The zero-order valence-electron chi connectivity index (χ0n) is 10.5. The van der Waals surface area contributed by atoms with Gasteiger partial charge in [0.25, 0.3) is 0 Å². The number of aromatic nitrogens is 2. The number of fused-ring (bicyclic) bond motifs is 1. The molecule has 2 N–H and O–H groups in total. The van der Waals surface area contributed by atoms with Crippen LogP contribution in [0.4, 0.5) is 5.69 Å². The van der Waals surface area contributed by atoms with Crippen LogP contribution in [0.25, 0.3) is 22.4 Å². The van der Waals surface area contributed by atoms with Gasteiger partial charge in [-0.05, 0) is 30.3 Å². The quantitative estimate of drug-likeness (QED) is 0.619. The highest BCUT2D eigenvalue weighted by Gasteiger charge is 2.17. The maximum absolute atomic E-state index is 6.27. The smallest absolute Gasteiger partial charge is 0.144 e. The predicted molar refractivity (Wildman–Crippen MR) is 88.3 cm³/mol. The third kappa shape index (κ3) is 2.08. The molecule has 3 rings (SSSR count). The summed E-state index contributed by atoms with van der Waals surface area (Å²) >= 11 is 15.8. The first-order valence-corrected chi connectivity index (χ1v) is 7.39. The highest BCUT2D eigenvalue weighted by Crippen LogP contribution is 2.38. The molecule has 0 saturated heterocycles. The van der Waals surface area contributed by atoms with Crippen molar-refractivity contribution in [2.24, 2.45) is 7.05 Å². The van der Waals surface area contributed by atoms with Gasteiger partial charge in [0.2, 0.25) is 0 Å². The lowest BCUT2D eigenvalue weighted by molar-refractivity contribution is 0.960. The summed E-state index contributed by atoms with van der Waals surface area (Å²) in [5, 5.41) is 1.00. The lowest BCUT2D eigenvalue weighted by Crippen LogP contribution is -1.98. The van der Waals surface area contributed by atoms with Gasteiger partial charge in [-0.2, -0.15) is 0 Å². The molecule has 0 spiro atoms. The Morgan fingerprint density at radius 1 is 1.15 bits per heavy atom. The van der Waals surface area contributed by atoms with E-state index in [1.165, 1.54) is 0 Å². The first kappa shape index (κ1) is 13.7. The first-order valence-electron chi connectivity index (χ1n) is 5.85. The number of anilines is 1. The van der Waals surface area contributed by atoms with Gasteiger partial charge in [0.15, 0.2) is 0 Å². The number of hydrogen-bond donors (Lipinski definition) is 1. The van der Waals surface area contributed by atoms with Gasteiger partial charge in [-0.25, -0.2) is 4.98 Å². The van der Waals surface area contributed by atoms with Gasteiger partial charge in [0, 0.05) is 11.5 Å². The van der Waals surface area contributed by atoms with E-state index in [-0.39, 0.29) is 0 Å². The fourth-order valence-electron chi connectivity index (χ4n) is 2.19. The second-order valence-corrected chi connectivity index (χ2v) is 6.18. The Labute approximate surface area is 134 Å². The van der Waals surface area contributed by atoms with Crippen molar-refractivity contribution in [2.45, 2.75) is 0 Å². The van der Waals surface area contributed by atoms with Gasteiger partial charge in [-0.1, -0.05) is 39.1 Å². The number of nitrogens with two attached hydrogens (primary N) is 1. The van der Waals surface area contributed by atoms with Crippen LogP contribution in [0.5, 0.6) is 0 Å². The van der Waals surface area contributed by atoms with E-state index in [0.29, 0.717) is 27.1 Å². The number of imidazole rings is 1. The Morgan fingerprint density at radius 2 is 1.85 bits per heavy atom. The Morgan fingerprint density at radius 3 is 2.60 bits per heavy atom. The van der Waals surface area contributed by atoms with Gasteiger partial charge < -0.3 is 10.3 Å². The molecule has 0 bridgehead atoms. The van der Waals surface area contributed by atoms with E-state index in [2.05, 4.69) is 20.9 Å². The molecule has 3 aromatic rings. The van der Waals surface area contributed by atoms with Crippen molar-refractivity contribution in [3.05, 3.63) is 44.8 Å². The average molecular weight is 371 g/mol. The number of rotatable bonds is 1. The molecule has 1 aromatic heterocycles. The van der Waals surface area contributed by atoms with E-state index in [4.69, 9.17) is 28.9 Å². The average Bonchev–Trinajstić information content (AvgIpc) is 2.71. The Kier molecular flexibility index (Phi) is 3.40. The van der Waals surface area contributed by atoms with Crippen molar-refractivity contribution in [3.63, 3.8) is 0 Å². The summed E-state index contributed by atoms with van der Waals surface area (Å²) in [5.74, 6) is 0.697. The summed E-state index contributed by atoms with van der Waals surface area (Å²) in [7, 11) is 1.93. The van der Waals surface area contributed by atoms with Gasteiger partial charge in [0.1, 0.15) is 5.82 Å². The summed E-state index contributed by atoms with van der Waals surface area (Å²) in [5.41, 5.74) is 9.03. The molecule has 0 aliphatic carbocycles. The van der Waals surface area contributed by atoms with Crippen LogP contribution in [0, 0.1) is 0 Å². The monoisotopic (exact) mass is 369 g/mol. The first-order chi connectivity index (χ1) is 9.49. The second kappa shape index (κ2) is 4.95. The van der Waals surface area contributed by atoms with Crippen molar-refractivity contribution in [3.8, 4) is 11.4 Å². The van der Waals surface area contributed by atoms with E-state index in [9.17, 15) is 0 Å². The minimum Gasteiger partial charge on any atom is -0.397 e. The van der Waals surface area contributed by atoms with Gasteiger partial charge in [-0.3, -0.25) is 0 Å². The highest BCUT2D eigenvalue weighted by molar-refractivity contribution is 9.10. The fourth-order valence-corrected chi connectivity index (χ4v) is 2.95. The summed E-state index contributed by atoms with van der Waals surface area (Å²) in [4.78, 5) is 4.62. The van der Waals surface area contributed by atoms with Crippen LogP contribution in [0.15, 0.2) is 34.8 Å². The summed E-state index contributed by atoms with van der Waals surface area (Å²) in [6.07, 6.45) is 0. The van der Waals surface area contributed by atoms with Gasteiger partial charge in [-0.15, -0.1) is 0 Å². The molecule has 0 aliphatic rings. The van der Waals surface area contributed by atoms with Crippen LogP contribution in [0.1, 0.15) is 0 Å². The molecule has 1 heterocycles. The predicted octanol–water partition coefficient (Wildman–Crippen LogP) is 4.89. The molecule has 3 nitrogen and oxygen atoms in total. The molecule has 20 heavy (non-hydrogen) atoms. The third-order valence-corrected chi connectivity index (χ3v) is 4.35. The van der Waals surface area contributed by atoms with Crippen LogP contribution in [0.2, 0.25) is 10.0 Å². The van der Waals surface area contributed by atoms with E-state index in [0.717, 1.165) is 15.5 Å². The summed E-state index contributed by atoms with van der Waals surface area (Å²) < 4.78 is 2.93. The standard InChI is InChI=1S/C14H10BrCl2N3/c1-20-11-5-2-7(15)6-10(11)19-14(20)12-8(16)3-4-9(17)13(12)18/h2-6H,18H2,1H3. The molecule has 0 unspecified atom stereocenters. The van der Waals surface area contributed by atoms with Crippen molar-refractivity contribution in [2.75, 3.05) is 5.73 Å². The molecule has 6 heteroatoms. The third-order valence-electron chi connectivity index (χ3n) is 3.21. The largest absolute Gasteiger partial charge is 0.397 e. The van der Waals surface area contributed by atoms with E-state index in [1.807, 2.05) is 29.8 Å². The Balaban J connectivity index is 2.36. The van der Waals surface area contributed by atoms with Crippen molar-refractivity contribution >= 4 is 55.9 Å². The van der Waals surface area contributed by atoms with Gasteiger partial charge >= 0.3 is 0 Å². The van der Waals surface area contributed by atoms with Crippen molar-refractivity contribution < 1.29 is 0 Å². The summed E-state index contributed by atoms with van der Waals surface area (Å²) in [6, 6.07) is 9.32. The van der Waals surface area contributed by atoms with Crippen LogP contribution in [-0.4, -0.2) is 9.55 Å². The molecular formula is C14H10BrCl2N3. The molecule has 0 saturated carbocycles. The maximum atomic E-state index is 6.27. The van der Waals surface area contributed by atoms with Crippen LogP contribution in [-0.2, 0) is 7.05 Å². The zero-order valence-corrected chi connectivity index (χ0v) is 13.6. The maximum Gasteiger partial charge on any atom is 0.144 e. The van der Waals surface area contributed by atoms with Crippen LogP contribution in [0.3, 0.4) is 0 Å². The minimum absolute atomic E-state index is 0.441. The van der Waals surface area contributed by atoms with Crippen molar-refractivity contribution in [1.29, 1.82) is 0 Å². The molecule has 0 amide bonds. The Bertz CT molecular complexity index is 827. The van der Waals surface area contributed by atoms with E-state index >= 15 is 0 Å². The highest BCUT2D eigenvalue weighted by atomic mass is 79.9. The molecule has 0 radical (unpaired) electrons. The molecule has 0 fully saturated rings. The molecule has 0 atom stereocenters. The van der Waals surface area contributed by atoms with E-state index < -0.39 is 0 Å². The SMILES string of the molecule is Cn1c(-c2c(Cl)ccc(Cl)c2N)nc2cc(Br)ccc21. The van der Waals surface area contributed by atoms with Gasteiger partial charge in [0.05, 0.1) is 32.3 Å². The molecular weight excluding hydrogens is 361 g/mol. The zero-order chi connectivity index (χ0) is 14.4. The number of nitrogens with zero attached hydrogens (tertiary/aromatic N) is 2. The molecule has 0 aliphatic heterocycles. The number of nitrogen functional groups attached to an aromatic ring is 1.